The molecule has 0 heterocycles. The Bertz CT molecular complexity index is 467. The van der Waals surface area contributed by atoms with Gasteiger partial charge in [-0.15, -0.1) is 6.42 Å². The maximum atomic E-state index is 12.2. The molecule has 0 unspecified atom stereocenters. The van der Waals surface area contributed by atoms with E-state index >= 15 is 0 Å². The van der Waals surface area contributed by atoms with E-state index in [1.807, 2.05) is 38.1 Å². The van der Waals surface area contributed by atoms with Crippen molar-refractivity contribution < 1.29 is 14.3 Å². The monoisotopic (exact) mass is 260 g/mol. The van der Waals surface area contributed by atoms with E-state index in [0.29, 0.717) is 18.6 Å². The number of esters is 1. The highest BCUT2D eigenvalue weighted by atomic mass is 16.5. The van der Waals surface area contributed by atoms with E-state index < -0.39 is 5.41 Å². The Morgan fingerprint density at radius 3 is 2.47 bits per heavy atom. The molecule has 0 radical (unpaired) electrons. The van der Waals surface area contributed by atoms with Crippen molar-refractivity contribution in [3.63, 3.8) is 0 Å². The summed E-state index contributed by atoms with van der Waals surface area (Å²) in [5, 5.41) is 0. The maximum Gasteiger partial charge on any atom is 0.316 e. The summed E-state index contributed by atoms with van der Waals surface area (Å²) in [6, 6.07) is 7.48. The van der Waals surface area contributed by atoms with E-state index in [2.05, 4.69) is 5.92 Å². The molecule has 0 bridgehead atoms. The predicted molar refractivity (Wildman–Crippen MR) is 75.0 cm³/mol. The van der Waals surface area contributed by atoms with E-state index in [9.17, 15) is 4.79 Å². The maximum absolute atomic E-state index is 12.2. The highest BCUT2D eigenvalue weighted by Gasteiger charge is 2.40. The standard InChI is InChI=1S/C16H20O3/c1-5-12-19-14-11-9-8-10-13(14)16(6-2,7-3)15(17)18-4/h1,8-11H,6-7,12H2,2-4H3. The second-order valence-electron chi connectivity index (χ2n) is 4.27. The van der Waals surface area contributed by atoms with Gasteiger partial charge in [-0.3, -0.25) is 4.79 Å². The summed E-state index contributed by atoms with van der Waals surface area (Å²) in [5.74, 6) is 2.84. The Hall–Kier alpha value is -1.95. The summed E-state index contributed by atoms with van der Waals surface area (Å²) in [6.07, 6.45) is 6.51. The summed E-state index contributed by atoms with van der Waals surface area (Å²) in [4.78, 5) is 12.2. The van der Waals surface area contributed by atoms with Gasteiger partial charge in [-0.05, 0) is 18.9 Å². The fourth-order valence-electron chi connectivity index (χ4n) is 2.33. The molecule has 0 aromatic heterocycles. The first-order chi connectivity index (χ1) is 9.16. The van der Waals surface area contributed by atoms with Gasteiger partial charge in [0.25, 0.3) is 0 Å². The van der Waals surface area contributed by atoms with Gasteiger partial charge in [0.1, 0.15) is 12.4 Å². The van der Waals surface area contributed by atoms with Gasteiger partial charge in [-0.1, -0.05) is 38.0 Å². The number of rotatable bonds is 6. The molecule has 0 atom stereocenters. The van der Waals surface area contributed by atoms with Crippen molar-refractivity contribution in [3.05, 3.63) is 29.8 Å². The third-order valence-electron chi connectivity index (χ3n) is 3.50. The highest BCUT2D eigenvalue weighted by Crippen LogP contribution is 2.38. The van der Waals surface area contributed by atoms with E-state index in [4.69, 9.17) is 15.9 Å². The molecule has 0 amide bonds. The van der Waals surface area contributed by atoms with Crippen LogP contribution in [0.2, 0.25) is 0 Å². The Kier molecular flexibility index (Phi) is 5.44. The number of ether oxygens (including phenoxy) is 2. The quantitative estimate of drug-likeness (QED) is 0.583. The van der Waals surface area contributed by atoms with Crippen molar-refractivity contribution in [1.82, 2.24) is 0 Å². The fraction of sp³-hybridized carbons (Fsp3) is 0.438. The Labute approximate surface area is 114 Å². The molecule has 0 aliphatic carbocycles. The molecule has 0 saturated heterocycles. The minimum Gasteiger partial charge on any atom is -0.481 e. The minimum atomic E-state index is -0.681. The number of carbonyl (C=O) groups is 1. The molecule has 0 spiro atoms. The summed E-state index contributed by atoms with van der Waals surface area (Å²) in [5.41, 5.74) is 0.155. The number of hydrogen-bond acceptors (Lipinski definition) is 3. The van der Waals surface area contributed by atoms with Gasteiger partial charge in [0, 0.05) is 5.56 Å². The number of terminal acetylenes is 1. The first kappa shape index (κ1) is 15.1. The van der Waals surface area contributed by atoms with Gasteiger partial charge in [0.05, 0.1) is 12.5 Å². The predicted octanol–water partition coefficient (Wildman–Crippen LogP) is 2.93. The molecule has 3 nitrogen and oxygen atoms in total. The Morgan fingerprint density at radius 1 is 1.32 bits per heavy atom. The summed E-state index contributed by atoms with van der Waals surface area (Å²) in [6.45, 7) is 4.12. The van der Waals surface area contributed by atoms with Crippen LogP contribution in [0.4, 0.5) is 0 Å². The van der Waals surface area contributed by atoms with Crippen LogP contribution in [-0.4, -0.2) is 19.7 Å². The molecule has 1 aromatic carbocycles. The van der Waals surface area contributed by atoms with Crippen LogP contribution >= 0.6 is 0 Å². The molecule has 0 saturated carbocycles. The molecular formula is C16H20O3. The van der Waals surface area contributed by atoms with Crippen LogP contribution in [0.3, 0.4) is 0 Å². The first-order valence-electron chi connectivity index (χ1n) is 6.40. The zero-order chi connectivity index (χ0) is 14.3. The molecule has 0 aliphatic heterocycles. The summed E-state index contributed by atoms with van der Waals surface area (Å²) >= 11 is 0. The number of benzene rings is 1. The van der Waals surface area contributed by atoms with Crippen molar-refractivity contribution in [2.75, 3.05) is 13.7 Å². The second-order valence-corrected chi connectivity index (χ2v) is 4.27. The van der Waals surface area contributed by atoms with Crippen LogP contribution < -0.4 is 4.74 Å². The summed E-state index contributed by atoms with van der Waals surface area (Å²) < 4.78 is 10.5. The van der Waals surface area contributed by atoms with Gasteiger partial charge in [-0.25, -0.2) is 0 Å². The number of methoxy groups -OCH3 is 1. The van der Waals surface area contributed by atoms with Gasteiger partial charge in [0.15, 0.2) is 0 Å². The number of para-hydroxylation sites is 1. The molecule has 19 heavy (non-hydrogen) atoms. The average Bonchev–Trinajstić information content (AvgIpc) is 2.47. The molecule has 3 heteroatoms. The SMILES string of the molecule is C#CCOc1ccccc1C(CC)(CC)C(=O)OC. The van der Waals surface area contributed by atoms with E-state index in [0.717, 1.165) is 5.56 Å². The Morgan fingerprint density at radius 2 is 1.95 bits per heavy atom. The molecule has 102 valence electrons. The summed E-state index contributed by atoms with van der Waals surface area (Å²) in [7, 11) is 1.41. The van der Waals surface area contributed by atoms with Crippen molar-refractivity contribution in [3.8, 4) is 18.1 Å². The lowest BCUT2D eigenvalue weighted by molar-refractivity contribution is -0.148. The van der Waals surface area contributed by atoms with E-state index in [-0.39, 0.29) is 12.6 Å². The molecule has 1 aromatic rings. The minimum absolute atomic E-state index is 0.182. The molecule has 0 N–H and O–H groups in total. The Balaban J connectivity index is 3.30. The van der Waals surface area contributed by atoms with E-state index in [1.165, 1.54) is 7.11 Å². The third kappa shape index (κ3) is 2.90. The van der Waals surface area contributed by atoms with Gasteiger partial charge in [-0.2, -0.15) is 0 Å². The van der Waals surface area contributed by atoms with Crippen molar-refractivity contribution in [2.24, 2.45) is 0 Å². The number of carbonyl (C=O) groups excluding carboxylic acids is 1. The zero-order valence-electron chi connectivity index (χ0n) is 11.7. The second kappa shape index (κ2) is 6.84. The first-order valence-corrected chi connectivity index (χ1v) is 6.40. The van der Waals surface area contributed by atoms with Crippen molar-refractivity contribution in [1.29, 1.82) is 0 Å². The van der Waals surface area contributed by atoms with Crippen LogP contribution in [0.25, 0.3) is 0 Å². The van der Waals surface area contributed by atoms with Crippen LogP contribution in [0.1, 0.15) is 32.3 Å². The topological polar surface area (TPSA) is 35.5 Å². The van der Waals surface area contributed by atoms with Crippen LogP contribution in [0, 0.1) is 12.3 Å². The normalized spacial score (nSPS) is 10.6. The highest BCUT2D eigenvalue weighted by molar-refractivity contribution is 5.84. The average molecular weight is 260 g/mol. The molecular weight excluding hydrogens is 240 g/mol. The zero-order valence-corrected chi connectivity index (χ0v) is 11.7. The van der Waals surface area contributed by atoms with Crippen LogP contribution in [-0.2, 0) is 14.9 Å². The van der Waals surface area contributed by atoms with Crippen LogP contribution in [0.5, 0.6) is 5.75 Å². The molecule has 0 fully saturated rings. The van der Waals surface area contributed by atoms with Gasteiger partial charge < -0.3 is 9.47 Å². The molecule has 0 aliphatic rings. The smallest absolute Gasteiger partial charge is 0.316 e. The lowest BCUT2D eigenvalue weighted by Crippen LogP contribution is -2.36. The van der Waals surface area contributed by atoms with Crippen molar-refractivity contribution >= 4 is 5.97 Å². The van der Waals surface area contributed by atoms with Crippen LogP contribution in [0.15, 0.2) is 24.3 Å². The van der Waals surface area contributed by atoms with Crippen molar-refractivity contribution in [2.45, 2.75) is 32.1 Å². The third-order valence-corrected chi connectivity index (χ3v) is 3.50. The number of hydrogen-bond donors (Lipinski definition) is 0. The van der Waals surface area contributed by atoms with E-state index in [1.54, 1.807) is 0 Å². The largest absolute Gasteiger partial charge is 0.481 e. The van der Waals surface area contributed by atoms with Gasteiger partial charge >= 0.3 is 5.97 Å². The lowest BCUT2D eigenvalue weighted by atomic mass is 9.75. The van der Waals surface area contributed by atoms with Gasteiger partial charge in [0.2, 0.25) is 0 Å². The fourth-order valence-corrected chi connectivity index (χ4v) is 2.33. The molecule has 1 rings (SSSR count). The lowest BCUT2D eigenvalue weighted by Gasteiger charge is -2.30.